The van der Waals surface area contributed by atoms with E-state index in [0.29, 0.717) is 23.6 Å². The van der Waals surface area contributed by atoms with E-state index in [0.717, 1.165) is 30.5 Å². The Hall–Kier alpha value is -1.38. The molecule has 0 aliphatic heterocycles. The molecule has 0 fully saturated rings. The Bertz CT molecular complexity index is 702. The van der Waals surface area contributed by atoms with E-state index in [4.69, 9.17) is 0 Å². The Morgan fingerprint density at radius 1 is 0.710 bits per heavy atom. The number of hydrogen-bond donors (Lipinski definition) is 2. The van der Waals surface area contributed by atoms with Gasteiger partial charge >= 0.3 is 0 Å². The third-order valence-corrected chi connectivity index (χ3v) is 7.74. The molecule has 2 bridgehead atoms. The number of fused-ring (bicyclic) bond motifs is 5. The molecule has 2 aliphatic rings. The van der Waals surface area contributed by atoms with Gasteiger partial charge in [-0.15, -0.1) is 0 Å². The van der Waals surface area contributed by atoms with E-state index >= 15 is 0 Å². The minimum atomic E-state index is 0.318. The molecule has 0 saturated carbocycles. The zero-order valence-corrected chi connectivity index (χ0v) is 20.3. The van der Waals surface area contributed by atoms with Gasteiger partial charge < -0.3 is 10.2 Å². The van der Waals surface area contributed by atoms with Crippen molar-refractivity contribution in [1.29, 1.82) is 0 Å². The average Bonchev–Trinajstić information content (AvgIpc) is 3.39. The van der Waals surface area contributed by atoms with Crippen molar-refractivity contribution in [2.75, 3.05) is 0 Å². The molecule has 1 heterocycles. The molecule has 3 rings (SSSR count). The maximum Gasteiger partial charge on any atom is 0.198 e. The highest BCUT2D eigenvalue weighted by molar-refractivity contribution is 5.60. The Morgan fingerprint density at radius 3 is 1.68 bits per heavy atom. The zero-order valence-electron chi connectivity index (χ0n) is 20.3. The van der Waals surface area contributed by atoms with Crippen LogP contribution in [-0.4, -0.2) is 14.8 Å². The third kappa shape index (κ3) is 6.33. The summed E-state index contributed by atoms with van der Waals surface area (Å²) in [4.78, 5) is 0. The number of aromatic hydroxyl groups is 2. The standard InChI is InChI=1S/C28H47NO2/c1-3-4-5-6-7-8-9-10-11-12-13-14-15-16-17-18-19-29-27(30)25-23-20-22(2)24(21-23)26(25)28(29)31/h20,23-24,30-31H,3-19,21H2,1-2H3. The molecule has 0 aromatic carbocycles. The normalized spacial score (nSPS) is 19.2. The maximum atomic E-state index is 10.7. The molecule has 1 aromatic heterocycles. The van der Waals surface area contributed by atoms with Gasteiger partial charge in [-0.25, -0.2) is 0 Å². The van der Waals surface area contributed by atoms with Crippen molar-refractivity contribution < 1.29 is 10.2 Å². The Labute approximate surface area is 190 Å². The van der Waals surface area contributed by atoms with Gasteiger partial charge in [0.05, 0.1) is 0 Å². The number of hydrogen-bond acceptors (Lipinski definition) is 2. The number of aromatic nitrogens is 1. The van der Waals surface area contributed by atoms with Crippen LogP contribution in [0.4, 0.5) is 0 Å². The molecule has 2 unspecified atom stereocenters. The van der Waals surface area contributed by atoms with E-state index in [1.54, 1.807) is 4.57 Å². The van der Waals surface area contributed by atoms with E-state index in [9.17, 15) is 10.2 Å². The summed E-state index contributed by atoms with van der Waals surface area (Å²) in [5.74, 6) is 1.30. The molecule has 3 nitrogen and oxygen atoms in total. The van der Waals surface area contributed by atoms with Crippen LogP contribution in [0.15, 0.2) is 11.6 Å². The number of allylic oxidation sites excluding steroid dienone is 2. The molecule has 2 atom stereocenters. The van der Waals surface area contributed by atoms with Crippen molar-refractivity contribution in [2.45, 2.75) is 141 Å². The first kappa shape index (κ1) is 24.3. The summed E-state index contributed by atoms with van der Waals surface area (Å²) in [5, 5.41) is 21.3. The lowest BCUT2D eigenvalue weighted by atomic mass is 9.95. The zero-order chi connectivity index (χ0) is 22.1. The highest BCUT2D eigenvalue weighted by atomic mass is 16.3. The molecule has 176 valence electrons. The summed E-state index contributed by atoms with van der Waals surface area (Å²) in [6.07, 6.45) is 25.1. The highest BCUT2D eigenvalue weighted by Crippen LogP contribution is 2.59. The molecule has 2 N–H and O–H groups in total. The lowest BCUT2D eigenvalue weighted by molar-refractivity contribution is 0.355. The molecule has 0 radical (unpaired) electrons. The van der Waals surface area contributed by atoms with Gasteiger partial charge in [0, 0.05) is 29.5 Å². The van der Waals surface area contributed by atoms with Crippen LogP contribution in [-0.2, 0) is 6.54 Å². The van der Waals surface area contributed by atoms with Crippen LogP contribution in [0.5, 0.6) is 11.8 Å². The SMILES string of the molecule is CCCCCCCCCCCCCCCCCCn1c(O)c2c(c1O)C1CC2C=C1C. The van der Waals surface area contributed by atoms with Gasteiger partial charge in [0.25, 0.3) is 0 Å². The summed E-state index contributed by atoms with van der Waals surface area (Å²) in [7, 11) is 0. The van der Waals surface area contributed by atoms with Crippen LogP contribution in [0.1, 0.15) is 146 Å². The molecule has 31 heavy (non-hydrogen) atoms. The van der Waals surface area contributed by atoms with Crippen LogP contribution < -0.4 is 0 Å². The molecular formula is C28H47NO2. The maximum absolute atomic E-state index is 10.7. The van der Waals surface area contributed by atoms with Gasteiger partial charge in [-0.3, -0.25) is 4.57 Å². The highest BCUT2D eigenvalue weighted by Gasteiger charge is 2.43. The van der Waals surface area contributed by atoms with Gasteiger partial charge in [0.2, 0.25) is 0 Å². The second-order valence-electron chi connectivity index (χ2n) is 10.2. The molecule has 0 spiro atoms. The summed E-state index contributed by atoms with van der Waals surface area (Å²) < 4.78 is 1.76. The van der Waals surface area contributed by atoms with E-state index in [-0.39, 0.29) is 0 Å². The summed E-state index contributed by atoms with van der Waals surface area (Å²) in [6.45, 7) is 5.17. The first-order chi connectivity index (χ1) is 15.1. The Morgan fingerprint density at radius 2 is 1.16 bits per heavy atom. The van der Waals surface area contributed by atoms with E-state index in [1.165, 1.54) is 102 Å². The van der Waals surface area contributed by atoms with Crippen LogP contribution in [0.25, 0.3) is 0 Å². The second-order valence-corrected chi connectivity index (χ2v) is 10.2. The summed E-state index contributed by atoms with van der Waals surface area (Å²) >= 11 is 0. The van der Waals surface area contributed by atoms with Crippen molar-refractivity contribution in [2.24, 2.45) is 0 Å². The minimum absolute atomic E-state index is 0.318. The fourth-order valence-electron chi connectivity index (χ4n) is 5.86. The lowest BCUT2D eigenvalue weighted by Gasteiger charge is -2.11. The van der Waals surface area contributed by atoms with Crippen molar-refractivity contribution in [3.05, 3.63) is 22.8 Å². The molecule has 3 heteroatoms. The van der Waals surface area contributed by atoms with Crippen LogP contribution in [0.3, 0.4) is 0 Å². The smallest absolute Gasteiger partial charge is 0.198 e. The fraction of sp³-hybridized carbons (Fsp3) is 0.786. The van der Waals surface area contributed by atoms with Crippen LogP contribution >= 0.6 is 0 Å². The quantitative estimate of drug-likeness (QED) is 0.192. The number of rotatable bonds is 17. The van der Waals surface area contributed by atoms with Gasteiger partial charge in [-0.05, 0) is 19.8 Å². The third-order valence-electron chi connectivity index (χ3n) is 7.74. The van der Waals surface area contributed by atoms with Crippen molar-refractivity contribution >= 4 is 0 Å². The largest absolute Gasteiger partial charge is 0.494 e. The molecule has 0 amide bonds. The summed E-state index contributed by atoms with van der Waals surface area (Å²) in [6, 6.07) is 0. The van der Waals surface area contributed by atoms with E-state index in [2.05, 4.69) is 19.9 Å². The number of nitrogens with zero attached hydrogens (tertiary/aromatic N) is 1. The van der Waals surface area contributed by atoms with Crippen LogP contribution in [0, 0.1) is 0 Å². The van der Waals surface area contributed by atoms with Crippen LogP contribution in [0.2, 0.25) is 0 Å². The van der Waals surface area contributed by atoms with Crippen molar-refractivity contribution in [3.63, 3.8) is 0 Å². The van der Waals surface area contributed by atoms with Crippen molar-refractivity contribution in [3.8, 4) is 11.8 Å². The molecular weight excluding hydrogens is 382 g/mol. The van der Waals surface area contributed by atoms with Gasteiger partial charge in [-0.1, -0.05) is 115 Å². The monoisotopic (exact) mass is 429 g/mol. The lowest BCUT2D eigenvalue weighted by Crippen LogP contribution is -1.99. The first-order valence-electron chi connectivity index (χ1n) is 13.5. The predicted molar refractivity (Wildman–Crippen MR) is 131 cm³/mol. The topological polar surface area (TPSA) is 45.4 Å². The second kappa shape index (κ2) is 12.6. The first-order valence-corrected chi connectivity index (χ1v) is 13.5. The average molecular weight is 430 g/mol. The Balaban J connectivity index is 1.17. The molecule has 1 aromatic rings. The molecule has 2 aliphatic carbocycles. The minimum Gasteiger partial charge on any atom is -0.494 e. The van der Waals surface area contributed by atoms with Gasteiger partial charge in [0.15, 0.2) is 11.8 Å². The number of unbranched alkanes of at least 4 members (excludes halogenated alkanes) is 15. The summed E-state index contributed by atoms with van der Waals surface area (Å²) in [5.41, 5.74) is 3.37. The van der Waals surface area contributed by atoms with Crippen molar-refractivity contribution in [1.82, 2.24) is 4.57 Å². The fourth-order valence-corrected chi connectivity index (χ4v) is 5.86. The Kier molecular flexibility index (Phi) is 9.87. The van der Waals surface area contributed by atoms with Gasteiger partial charge in [-0.2, -0.15) is 0 Å². The van der Waals surface area contributed by atoms with E-state index < -0.39 is 0 Å². The molecule has 0 saturated heterocycles. The predicted octanol–water partition coefficient (Wildman–Crippen LogP) is 8.69. The van der Waals surface area contributed by atoms with Gasteiger partial charge in [0.1, 0.15) is 0 Å². The van der Waals surface area contributed by atoms with E-state index in [1.807, 2.05) is 0 Å².